The van der Waals surface area contributed by atoms with Gasteiger partial charge in [-0.05, 0) is 0 Å². The van der Waals surface area contributed by atoms with Crippen molar-refractivity contribution in [1.29, 1.82) is 0 Å². The van der Waals surface area contributed by atoms with Crippen LogP contribution in [0.3, 0.4) is 0 Å². The van der Waals surface area contributed by atoms with Crippen LogP contribution in [0.25, 0.3) is 0 Å². The molecule has 4 aliphatic rings. The molecule has 306 valence electrons. The van der Waals surface area contributed by atoms with Gasteiger partial charge in [-0.15, -0.1) is 0 Å². The minimum Gasteiger partial charge on any atom is -0.394 e. The fraction of sp³-hybridized carbons (Fsp3) is 1.00. The van der Waals surface area contributed by atoms with Crippen molar-refractivity contribution in [3.8, 4) is 0 Å². The van der Waals surface area contributed by atoms with Gasteiger partial charge < -0.3 is 102 Å². The van der Waals surface area contributed by atoms with Crippen molar-refractivity contribution in [3.63, 3.8) is 0 Å². The van der Waals surface area contributed by atoms with Gasteiger partial charge in [0, 0.05) is 49.8 Å². The lowest BCUT2D eigenvalue weighted by Crippen LogP contribution is -2.68. The first-order valence-corrected chi connectivity index (χ1v) is 16.8. The van der Waals surface area contributed by atoms with Gasteiger partial charge in [0.15, 0.2) is 25.2 Å². The highest BCUT2D eigenvalue weighted by Gasteiger charge is 2.56. The number of ether oxygens (including phenoxy) is 14. The Morgan fingerprint density at radius 3 is 1.23 bits per heavy atom. The number of rotatable bonds is 17. The standard InChI is InChI=1S/C31H56O21/c1-39-10-14-23(24(41-3)26(43-5)30(45-7)48-14)52-31-27(44-6)25(42-4)22(15(49-31)11-40-2)51-29-20(38)18(36)21(13(9-33)47-29)50-28-19(37)17(35)16(34)12(8-32)46-28/h12-38H,8-11H2,1-7H3/t12-,13-,14-,15-,16-,17+,18-,19-,20-,21-,22-,23-,24+,25+,26-,27-,28+,29+,30?,31+/m1/s1. The molecule has 0 spiro atoms. The molecule has 0 saturated carbocycles. The third-order valence-corrected chi connectivity index (χ3v) is 9.71. The molecule has 0 aliphatic carbocycles. The third kappa shape index (κ3) is 9.23. The molecule has 0 radical (unpaired) electrons. The Labute approximate surface area is 301 Å². The van der Waals surface area contributed by atoms with Gasteiger partial charge in [0.2, 0.25) is 0 Å². The maximum atomic E-state index is 11.2. The second kappa shape index (κ2) is 20.4. The van der Waals surface area contributed by atoms with Crippen LogP contribution in [0.4, 0.5) is 0 Å². The summed E-state index contributed by atoms with van der Waals surface area (Å²) in [6.45, 7) is -1.48. The van der Waals surface area contributed by atoms with E-state index in [1.165, 1.54) is 49.8 Å². The van der Waals surface area contributed by atoms with Gasteiger partial charge in [0.05, 0.1) is 26.4 Å². The number of hydrogen-bond donors (Lipinski definition) is 7. The second-order valence-electron chi connectivity index (χ2n) is 12.7. The average molecular weight is 765 g/mol. The molecule has 1 unspecified atom stereocenters. The van der Waals surface area contributed by atoms with E-state index in [1.54, 1.807) is 0 Å². The summed E-state index contributed by atoms with van der Waals surface area (Å²) >= 11 is 0. The van der Waals surface area contributed by atoms with E-state index in [0.717, 1.165) is 0 Å². The van der Waals surface area contributed by atoms with E-state index >= 15 is 0 Å². The van der Waals surface area contributed by atoms with Crippen LogP contribution >= 0.6 is 0 Å². The second-order valence-corrected chi connectivity index (χ2v) is 12.7. The summed E-state index contributed by atoms with van der Waals surface area (Å²) in [5.41, 5.74) is 0. The molecule has 21 nitrogen and oxygen atoms in total. The first-order chi connectivity index (χ1) is 25.0. The van der Waals surface area contributed by atoms with E-state index in [4.69, 9.17) is 66.3 Å². The predicted molar refractivity (Wildman–Crippen MR) is 167 cm³/mol. The molecular formula is C31H56O21. The molecule has 0 aromatic heterocycles. The Kier molecular flexibility index (Phi) is 17.2. The summed E-state index contributed by atoms with van der Waals surface area (Å²) in [6.07, 6.45) is -25.4. The third-order valence-electron chi connectivity index (χ3n) is 9.71. The zero-order valence-electron chi connectivity index (χ0n) is 30.2. The number of hydrogen-bond acceptors (Lipinski definition) is 21. The minimum atomic E-state index is -1.83. The lowest BCUT2D eigenvalue weighted by Gasteiger charge is -2.50. The zero-order valence-corrected chi connectivity index (χ0v) is 30.2. The molecule has 0 aromatic rings. The Balaban J connectivity index is 1.54. The number of methoxy groups -OCH3 is 7. The Morgan fingerprint density at radius 2 is 0.769 bits per heavy atom. The van der Waals surface area contributed by atoms with Crippen LogP contribution in [0.15, 0.2) is 0 Å². The van der Waals surface area contributed by atoms with Crippen molar-refractivity contribution in [2.45, 2.75) is 123 Å². The van der Waals surface area contributed by atoms with Gasteiger partial charge in [-0.25, -0.2) is 0 Å². The lowest BCUT2D eigenvalue weighted by atomic mass is 9.95. The van der Waals surface area contributed by atoms with E-state index < -0.39 is 136 Å². The van der Waals surface area contributed by atoms with Gasteiger partial charge in [-0.3, -0.25) is 0 Å². The van der Waals surface area contributed by atoms with E-state index in [0.29, 0.717) is 0 Å². The first kappa shape index (κ1) is 43.9. The molecule has 4 saturated heterocycles. The fourth-order valence-electron chi connectivity index (χ4n) is 6.99. The molecular weight excluding hydrogens is 708 g/mol. The summed E-state index contributed by atoms with van der Waals surface area (Å²) in [4.78, 5) is 0. The van der Waals surface area contributed by atoms with Gasteiger partial charge >= 0.3 is 0 Å². The maximum Gasteiger partial charge on any atom is 0.187 e. The van der Waals surface area contributed by atoms with Crippen molar-refractivity contribution in [3.05, 3.63) is 0 Å². The summed E-state index contributed by atoms with van der Waals surface area (Å²) in [5.74, 6) is 0. The molecule has 4 rings (SSSR count). The summed E-state index contributed by atoms with van der Waals surface area (Å²) in [6, 6.07) is 0. The molecule has 21 heteroatoms. The van der Waals surface area contributed by atoms with Gasteiger partial charge in [0.25, 0.3) is 0 Å². The van der Waals surface area contributed by atoms with Crippen molar-refractivity contribution >= 4 is 0 Å². The highest BCUT2D eigenvalue weighted by Crippen LogP contribution is 2.36. The SMILES string of the molecule is COC[C@H]1O[C@@H](O[C@H]2[C@H](OC)[C@@H](OC)C(OC)O[C@@H]2COC)[C@H](OC)[C@@H](OC)[C@@H]1O[C@@H]1O[C@H](CO)[C@@H](O[C@@H]2O[C@H](CO)[C@@H](O)[C@H](O)[C@H]2O)[C@H](O)[C@H]1O. The molecule has 0 aromatic carbocycles. The minimum absolute atomic E-state index is 0.0821. The van der Waals surface area contributed by atoms with Crippen molar-refractivity contribution < 1.29 is 102 Å². The largest absolute Gasteiger partial charge is 0.394 e. The first-order valence-electron chi connectivity index (χ1n) is 16.8. The van der Waals surface area contributed by atoms with Crippen LogP contribution < -0.4 is 0 Å². The highest BCUT2D eigenvalue weighted by atomic mass is 16.8. The maximum absolute atomic E-state index is 11.2. The molecule has 52 heavy (non-hydrogen) atoms. The number of aliphatic hydroxyl groups is 7. The molecule has 0 bridgehead atoms. The van der Waals surface area contributed by atoms with Crippen LogP contribution in [0.5, 0.6) is 0 Å². The number of aliphatic hydroxyl groups excluding tert-OH is 7. The van der Waals surface area contributed by atoms with Gasteiger partial charge in [-0.2, -0.15) is 0 Å². The van der Waals surface area contributed by atoms with Crippen molar-refractivity contribution in [2.24, 2.45) is 0 Å². The molecule has 4 fully saturated rings. The van der Waals surface area contributed by atoms with E-state index in [-0.39, 0.29) is 13.2 Å². The Hall–Kier alpha value is -0.840. The molecule has 7 N–H and O–H groups in total. The smallest absolute Gasteiger partial charge is 0.187 e. The van der Waals surface area contributed by atoms with Crippen LogP contribution in [-0.4, -0.2) is 235 Å². The van der Waals surface area contributed by atoms with Gasteiger partial charge in [-0.1, -0.05) is 0 Å². The predicted octanol–water partition coefficient (Wildman–Crippen LogP) is -5.17. The molecule has 4 aliphatic heterocycles. The molecule has 4 heterocycles. The van der Waals surface area contributed by atoms with Crippen LogP contribution in [0.2, 0.25) is 0 Å². The summed E-state index contributed by atoms with van der Waals surface area (Å²) in [5, 5.41) is 72.9. The van der Waals surface area contributed by atoms with Crippen molar-refractivity contribution in [2.75, 3.05) is 76.2 Å². The zero-order chi connectivity index (χ0) is 38.3. The average Bonchev–Trinajstić information content (AvgIpc) is 3.15. The molecule has 0 amide bonds. The molecule has 20 atom stereocenters. The van der Waals surface area contributed by atoms with Crippen LogP contribution in [0, 0.1) is 0 Å². The van der Waals surface area contributed by atoms with Crippen LogP contribution in [-0.2, 0) is 66.3 Å². The fourth-order valence-corrected chi connectivity index (χ4v) is 6.99. The summed E-state index contributed by atoms with van der Waals surface area (Å²) in [7, 11) is 10.2. The lowest BCUT2D eigenvalue weighted by molar-refractivity contribution is -0.391. The van der Waals surface area contributed by atoms with Gasteiger partial charge in [0.1, 0.15) is 97.7 Å². The quantitative estimate of drug-likeness (QED) is 0.0730. The Morgan fingerprint density at radius 1 is 0.365 bits per heavy atom. The van der Waals surface area contributed by atoms with Crippen LogP contribution in [0.1, 0.15) is 0 Å². The van der Waals surface area contributed by atoms with E-state index in [2.05, 4.69) is 0 Å². The topological polar surface area (TPSA) is 271 Å². The van der Waals surface area contributed by atoms with E-state index in [1.807, 2.05) is 0 Å². The Bertz CT molecular complexity index is 1030. The van der Waals surface area contributed by atoms with E-state index in [9.17, 15) is 35.7 Å². The van der Waals surface area contributed by atoms with Crippen molar-refractivity contribution in [1.82, 2.24) is 0 Å². The summed E-state index contributed by atoms with van der Waals surface area (Å²) < 4.78 is 81.5. The monoisotopic (exact) mass is 764 g/mol. The normalized spacial score (nSPS) is 47.4. The highest BCUT2D eigenvalue weighted by molar-refractivity contribution is 4.99.